The number of thioether (sulfide) groups is 1. The lowest BCUT2D eigenvalue weighted by Gasteiger charge is -2.07. The molecular formula is C9H14ClN3OS. The maximum absolute atomic E-state index is 9.08. The third-order valence-corrected chi connectivity index (χ3v) is 2.47. The standard InChI is InChI=1S/C9H14ClN3OS/c1-6(14)3-4-11-8-5-7(10)12-9(13-8)15-2/h5-6,14H,3-4H2,1-2H3,(H,11,12,13). The monoisotopic (exact) mass is 247 g/mol. The molecular weight excluding hydrogens is 234 g/mol. The number of nitrogens with zero attached hydrogens (tertiary/aromatic N) is 2. The molecule has 0 amide bonds. The van der Waals surface area contributed by atoms with E-state index in [2.05, 4.69) is 15.3 Å². The Hall–Kier alpha value is -0.520. The van der Waals surface area contributed by atoms with E-state index in [9.17, 15) is 0 Å². The number of aliphatic hydroxyl groups is 1. The molecule has 15 heavy (non-hydrogen) atoms. The van der Waals surface area contributed by atoms with Crippen LogP contribution in [0.15, 0.2) is 11.2 Å². The summed E-state index contributed by atoms with van der Waals surface area (Å²) in [6.45, 7) is 2.42. The van der Waals surface area contributed by atoms with Crippen molar-refractivity contribution in [2.75, 3.05) is 18.1 Å². The van der Waals surface area contributed by atoms with Gasteiger partial charge in [-0.05, 0) is 19.6 Å². The first-order valence-electron chi connectivity index (χ1n) is 4.62. The van der Waals surface area contributed by atoms with E-state index in [1.165, 1.54) is 11.8 Å². The maximum Gasteiger partial charge on any atom is 0.190 e. The second-order valence-electron chi connectivity index (χ2n) is 3.13. The summed E-state index contributed by atoms with van der Waals surface area (Å²) in [6.07, 6.45) is 2.26. The minimum Gasteiger partial charge on any atom is -0.393 e. The van der Waals surface area contributed by atoms with Gasteiger partial charge >= 0.3 is 0 Å². The number of rotatable bonds is 5. The van der Waals surface area contributed by atoms with Crippen LogP contribution < -0.4 is 5.32 Å². The van der Waals surface area contributed by atoms with E-state index in [1.54, 1.807) is 13.0 Å². The van der Waals surface area contributed by atoms with E-state index < -0.39 is 0 Å². The Morgan fingerprint density at radius 3 is 2.93 bits per heavy atom. The van der Waals surface area contributed by atoms with Crippen molar-refractivity contribution in [1.29, 1.82) is 0 Å². The van der Waals surface area contributed by atoms with Gasteiger partial charge in [0.1, 0.15) is 11.0 Å². The molecule has 0 aliphatic carbocycles. The van der Waals surface area contributed by atoms with Crippen molar-refractivity contribution in [1.82, 2.24) is 9.97 Å². The van der Waals surface area contributed by atoms with E-state index in [0.717, 1.165) is 0 Å². The SMILES string of the molecule is CSc1nc(Cl)cc(NCCC(C)O)n1. The van der Waals surface area contributed by atoms with Gasteiger partial charge in [-0.1, -0.05) is 23.4 Å². The number of anilines is 1. The normalized spacial score (nSPS) is 12.5. The zero-order valence-corrected chi connectivity index (χ0v) is 10.3. The van der Waals surface area contributed by atoms with Gasteiger partial charge < -0.3 is 10.4 Å². The van der Waals surface area contributed by atoms with Crippen LogP contribution in [0.5, 0.6) is 0 Å². The molecule has 1 heterocycles. The molecule has 1 unspecified atom stereocenters. The van der Waals surface area contributed by atoms with Crippen LogP contribution in [-0.2, 0) is 0 Å². The zero-order valence-electron chi connectivity index (χ0n) is 8.70. The van der Waals surface area contributed by atoms with E-state index in [1.807, 2.05) is 6.26 Å². The average Bonchev–Trinajstić information content (AvgIpc) is 2.16. The smallest absolute Gasteiger partial charge is 0.190 e. The minimum atomic E-state index is -0.310. The van der Waals surface area contributed by atoms with Crippen molar-refractivity contribution >= 4 is 29.2 Å². The molecule has 84 valence electrons. The van der Waals surface area contributed by atoms with Crippen LogP contribution in [0, 0.1) is 0 Å². The Morgan fingerprint density at radius 2 is 2.33 bits per heavy atom. The number of aliphatic hydroxyl groups excluding tert-OH is 1. The van der Waals surface area contributed by atoms with Crippen LogP contribution in [0.3, 0.4) is 0 Å². The van der Waals surface area contributed by atoms with Crippen LogP contribution in [0.1, 0.15) is 13.3 Å². The van der Waals surface area contributed by atoms with Crippen molar-refractivity contribution < 1.29 is 5.11 Å². The van der Waals surface area contributed by atoms with Gasteiger partial charge in [-0.3, -0.25) is 0 Å². The van der Waals surface area contributed by atoms with Crippen molar-refractivity contribution in [3.63, 3.8) is 0 Å². The molecule has 0 saturated heterocycles. The molecule has 0 bridgehead atoms. The Bertz CT molecular complexity index is 322. The molecule has 0 aliphatic heterocycles. The Balaban J connectivity index is 2.56. The second kappa shape index (κ2) is 6.15. The number of hydrogen-bond acceptors (Lipinski definition) is 5. The molecule has 0 aliphatic rings. The topological polar surface area (TPSA) is 58.0 Å². The lowest BCUT2D eigenvalue weighted by molar-refractivity contribution is 0.188. The van der Waals surface area contributed by atoms with E-state index in [0.29, 0.717) is 29.1 Å². The fourth-order valence-electron chi connectivity index (χ4n) is 0.988. The Morgan fingerprint density at radius 1 is 1.60 bits per heavy atom. The highest BCUT2D eigenvalue weighted by molar-refractivity contribution is 7.98. The summed E-state index contributed by atoms with van der Waals surface area (Å²) in [6, 6.07) is 1.67. The van der Waals surface area contributed by atoms with Gasteiger partial charge in [-0.25, -0.2) is 9.97 Å². The quantitative estimate of drug-likeness (QED) is 0.474. The predicted octanol–water partition coefficient (Wildman–Crippen LogP) is 2.03. The van der Waals surface area contributed by atoms with E-state index >= 15 is 0 Å². The van der Waals surface area contributed by atoms with Crippen LogP contribution in [0.25, 0.3) is 0 Å². The molecule has 6 heteroatoms. The maximum atomic E-state index is 9.08. The van der Waals surface area contributed by atoms with Crippen LogP contribution in [0.4, 0.5) is 5.82 Å². The molecule has 1 atom stereocenters. The molecule has 1 rings (SSSR count). The zero-order chi connectivity index (χ0) is 11.3. The highest BCUT2D eigenvalue weighted by Gasteiger charge is 2.02. The van der Waals surface area contributed by atoms with E-state index in [-0.39, 0.29) is 6.10 Å². The summed E-state index contributed by atoms with van der Waals surface area (Å²) in [5.41, 5.74) is 0. The molecule has 2 N–H and O–H groups in total. The summed E-state index contributed by atoms with van der Waals surface area (Å²) in [5, 5.41) is 13.2. The number of nitrogens with one attached hydrogen (secondary N) is 1. The lowest BCUT2D eigenvalue weighted by atomic mass is 10.3. The van der Waals surface area contributed by atoms with Crippen molar-refractivity contribution in [2.45, 2.75) is 24.6 Å². The highest BCUT2D eigenvalue weighted by atomic mass is 35.5. The average molecular weight is 248 g/mol. The predicted molar refractivity (Wildman–Crippen MR) is 63.6 cm³/mol. The molecule has 1 aromatic heterocycles. The van der Waals surface area contributed by atoms with E-state index in [4.69, 9.17) is 16.7 Å². The lowest BCUT2D eigenvalue weighted by Crippen LogP contribution is -2.10. The minimum absolute atomic E-state index is 0.310. The first-order chi connectivity index (χ1) is 7.11. The molecule has 0 fully saturated rings. The first kappa shape index (κ1) is 12.5. The summed E-state index contributed by atoms with van der Waals surface area (Å²) >= 11 is 7.26. The largest absolute Gasteiger partial charge is 0.393 e. The second-order valence-corrected chi connectivity index (χ2v) is 4.29. The van der Waals surface area contributed by atoms with Gasteiger partial charge in [0.05, 0.1) is 6.10 Å². The fourth-order valence-corrected chi connectivity index (χ4v) is 1.60. The molecule has 0 radical (unpaired) electrons. The van der Waals surface area contributed by atoms with Gasteiger partial charge in [0.25, 0.3) is 0 Å². The van der Waals surface area contributed by atoms with Gasteiger partial charge in [0.2, 0.25) is 0 Å². The number of hydrogen-bond donors (Lipinski definition) is 2. The van der Waals surface area contributed by atoms with Crippen molar-refractivity contribution in [3.05, 3.63) is 11.2 Å². The van der Waals surface area contributed by atoms with Crippen LogP contribution in [0.2, 0.25) is 5.15 Å². The molecule has 0 saturated carbocycles. The van der Waals surface area contributed by atoms with Gasteiger partial charge in [0, 0.05) is 12.6 Å². The Kier molecular flexibility index (Phi) is 5.14. The van der Waals surface area contributed by atoms with Crippen molar-refractivity contribution in [2.24, 2.45) is 0 Å². The summed E-state index contributed by atoms with van der Waals surface area (Å²) in [7, 11) is 0. The van der Waals surface area contributed by atoms with Crippen LogP contribution in [-0.4, -0.2) is 34.0 Å². The van der Waals surface area contributed by atoms with Crippen molar-refractivity contribution in [3.8, 4) is 0 Å². The van der Waals surface area contributed by atoms with Crippen LogP contribution >= 0.6 is 23.4 Å². The number of halogens is 1. The third-order valence-electron chi connectivity index (χ3n) is 1.73. The van der Waals surface area contributed by atoms with Gasteiger partial charge in [-0.2, -0.15) is 0 Å². The Labute approximate surface area is 98.5 Å². The summed E-state index contributed by atoms with van der Waals surface area (Å²) < 4.78 is 0. The molecule has 4 nitrogen and oxygen atoms in total. The van der Waals surface area contributed by atoms with Gasteiger partial charge in [-0.15, -0.1) is 0 Å². The summed E-state index contributed by atoms with van der Waals surface area (Å²) in [5.74, 6) is 0.694. The molecule has 1 aromatic rings. The van der Waals surface area contributed by atoms with Gasteiger partial charge in [0.15, 0.2) is 5.16 Å². The third kappa shape index (κ3) is 4.68. The first-order valence-corrected chi connectivity index (χ1v) is 6.22. The number of aromatic nitrogens is 2. The fraction of sp³-hybridized carbons (Fsp3) is 0.556. The molecule has 0 aromatic carbocycles. The summed E-state index contributed by atoms with van der Waals surface area (Å²) in [4.78, 5) is 8.25. The highest BCUT2D eigenvalue weighted by Crippen LogP contribution is 2.17. The molecule has 0 spiro atoms.